The number of hydrogen-bond acceptors (Lipinski definition) is 4. The molecule has 5 heteroatoms. The highest BCUT2D eigenvalue weighted by molar-refractivity contribution is 7.98. The first kappa shape index (κ1) is 15.2. The number of ether oxygens (including phenoxy) is 1. The lowest BCUT2D eigenvalue weighted by molar-refractivity contribution is -0.137. The fourth-order valence-electron chi connectivity index (χ4n) is 2.17. The van der Waals surface area contributed by atoms with E-state index >= 15 is 0 Å². The van der Waals surface area contributed by atoms with Gasteiger partial charge >= 0.3 is 5.97 Å². The first-order valence-corrected chi connectivity index (χ1v) is 7.78. The van der Waals surface area contributed by atoms with E-state index in [2.05, 4.69) is 6.07 Å². The SMILES string of the molecule is CCOC(=O)/C=C/c1c(SC)c(C#N)c2cc(C)ccn12. The number of rotatable bonds is 4. The van der Waals surface area contributed by atoms with Gasteiger partial charge in [0.1, 0.15) is 6.07 Å². The molecule has 0 bridgehead atoms. The van der Waals surface area contributed by atoms with Crippen LogP contribution >= 0.6 is 11.8 Å². The van der Waals surface area contributed by atoms with Crippen molar-refractivity contribution in [2.75, 3.05) is 12.9 Å². The summed E-state index contributed by atoms with van der Waals surface area (Å²) in [5, 5.41) is 9.42. The van der Waals surface area contributed by atoms with Crippen LogP contribution in [0.4, 0.5) is 0 Å². The van der Waals surface area contributed by atoms with E-state index < -0.39 is 0 Å². The molecule has 0 spiro atoms. The summed E-state index contributed by atoms with van der Waals surface area (Å²) in [7, 11) is 0. The van der Waals surface area contributed by atoms with Gasteiger partial charge in [0.05, 0.1) is 28.3 Å². The Balaban J connectivity index is 2.62. The minimum absolute atomic E-state index is 0.343. The van der Waals surface area contributed by atoms with Crippen LogP contribution in [0.1, 0.15) is 23.7 Å². The molecule has 0 aliphatic rings. The second-order valence-corrected chi connectivity index (χ2v) is 5.27. The minimum Gasteiger partial charge on any atom is -0.463 e. The Hall–Kier alpha value is -2.19. The highest BCUT2D eigenvalue weighted by Gasteiger charge is 2.16. The van der Waals surface area contributed by atoms with Gasteiger partial charge in [-0.1, -0.05) is 0 Å². The predicted molar refractivity (Wildman–Crippen MR) is 84.3 cm³/mol. The van der Waals surface area contributed by atoms with Crippen LogP contribution in [-0.4, -0.2) is 23.2 Å². The van der Waals surface area contributed by atoms with Crippen molar-refractivity contribution in [3.63, 3.8) is 0 Å². The van der Waals surface area contributed by atoms with Crippen LogP contribution in [0.2, 0.25) is 0 Å². The Labute approximate surface area is 128 Å². The normalized spacial score (nSPS) is 11.0. The zero-order valence-electron chi connectivity index (χ0n) is 12.2. The Bertz CT molecular complexity index is 754. The lowest BCUT2D eigenvalue weighted by Gasteiger charge is -2.01. The first-order chi connectivity index (χ1) is 10.1. The van der Waals surface area contributed by atoms with Crippen LogP contribution in [-0.2, 0) is 9.53 Å². The van der Waals surface area contributed by atoms with Crippen molar-refractivity contribution >= 4 is 29.3 Å². The summed E-state index contributed by atoms with van der Waals surface area (Å²) in [4.78, 5) is 12.4. The highest BCUT2D eigenvalue weighted by atomic mass is 32.2. The summed E-state index contributed by atoms with van der Waals surface area (Å²) in [6.45, 7) is 4.10. The lowest BCUT2D eigenvalue weighted by atomic mass is 10.2. The van der Waals surface area contributed by atoms with E-state index in [0.717, 1.165) is 21.7 Å². The molecule has 0 aromatic carbocycles. The molecule has 2 rings (SSSR count). The Morgan fingerprint density at radius 1 is 1.57 bits per heavy atom. The molecule has 0 fully saturated rings. The van der Waals surface area contributed by atoms with Crippen molar-refractivity contribution in [1.82, 2.24) is 4.40 Å². The number of carbonyl (C=O) groups excluding carboxylic acids is 1. The minimum atomic E-state index is -0.384. The zero-order valence-corrected chi connectivity index (χ0v) is 13.0. The molecule has 0 saturated heterocycles. The van der Waals surface area contributed by atoms with Gasteiger partial charge in [0.15, 0.2) is 0 Å². The van der Waals surface area contributed by atoms with Gasteiger partial charge in [0.2, 0.25) is 0 Å². The van der Waals surface area contributed by atoms with Crippen LogP contribution < -0.4 is 0 Å². The molecule has 108 valence electrons. The summed E-state index contributed by atoms with van der Waals surface area (Å²) in [5.74, 6) is -0.384. The fraction of sp³-hybridized carbons (Fsp3) is 0.250. The third-order valence-electron chi connectivity index (χ3n) is 3.07. The number of hydrogen-bond donors (Lipinski definition) is 0. The van der Waals surface area contributed by atoms with Crippen molar-refractivity contribution in [2.24, 2.45) is 0 Å². The van der Waals surface area contributed by atoms with Crippen molar-refractivity contribution in [3.05, 3.63) is 41.2 Å². The molecule has 0 N–H and O–H groups in total. The molecule has 2 heterocycles. The van der Waals surface area contributed by atoms with Gasteiger partial charge in [-0.25, -0.2) is 4.79 Å². The van der Waals surface area contributed by atoms with E-state index in [9.17, 15) is 10.1 Å². The molecular formula is C16H16N2O2S. The summed E-state index contributed by atoms with van der Waals surface area (Å²) < 4.78 is 6.82. The largest absolute Gasteiger partial charge is 0.463 e. The van der Waals surface area contributed by atoms with Crippen LogP contribution in [0.15, 0.2) is 29.3 Å². The summed E-state index contributed by atoms with van der Waals surface area (Å²) >= 11 is 1.50. The van der Waals surface area contributed by atoms with Crippen molar-refractivity contribution in [2.45, 2.75) is 18.7 Å². The molecule has 2 aromatic rings. The number of pyridine rings is 1. The van der Waals surface area contributed by atoms with Crippen LogP contribution in [0.5, 0.6) is 0 Å². The molecule has 21 heavy (non-hydrogen) atoms. The van der Waals surface area contributed by atoms with Gasteiger partial charge in [-0.15, -0.1) is 11.8 Å². The Morgan fingerprint density at radius 2 is 2.33 bits per heavy atom. The fourth-order valence-corrected chi connectivity index (χ4v) is 2.90. The number of aromatic nitrogens is 1. The molecule has 0 unspecified atom stereocenters. The maximum absolute atomic E-state index is 11.5. The van der Waals surface area contributed by atoms with Gasteiger partial charge in [0.25, 0.3) is 0 Å². The Morgan fingerprint density at radius 3 is 2.95 bits per heavy atom. The molecule has 0 aliphatic carbocycles. The molecule has 0 atom stereocenters. The molecule has 2 aromatic heterocycles. The van der Waals surface area contributed by atoms with E-state index in [-0.39, 0.29) is 5.97 Å². The second kappa shape index (κ2) is 6.51. The van der Waals surface area contributed by atoms with E-state index in [1.807, 2.05) is 35.9 Å². The van der Waals surface area contributed by atoms with Gasteiger partial charge < -0.3 is 9.14 Å². The van der Waals surface area contributed by atoms with Crippen LogP contribution in [0, 0.1) is 18.3 Å². The summed E-state index contributed by atoms with van der Waals surface area (Å²) in [6.07, 6.45) is 6.93. The standard InChI is InChI=1S/C16H16N2O2S/c1-4-20-15(19)6-5-13-16(21-3)12(10-17)14-9-11(2)7-8-18(13)14/h5-9H,4H2,1-3H3/b6-5+. The number of nitrogens with zero attached hydrogens (tertiary/aromatic N) is 2. The number of nitriles is 1. The van der Waals surface area contributed by atoms with E-state index in [1.54, 1.807) is 13.0 Å². The monoisotopic (exact) mass is 300 g/mol. The molecule has 0 amide bonds. The van der Waals surface area contributed by atoms with Gasteiger partial charge in [-0.3, -0.25) is 0 Å². The Kier molecular flexibility index (Phi) is 4.71. The molecule has 4 nitrogen and oxygen atoms in total. The van der Waals surface area contributed by atoms with E-state index in [1.165, 1.54) is 17.8 Å². The topological polar surface area (TPSA) is 54.5 Å². The maximum atomic E-state index is 11.5. The highest BCUT2D eigenvalue weighted by Crippen LogP contribution is 2.32. The van der Waals surface area contributed by atoms with Crippen molar-refractivity contribution in [1.29, 1.82) is 5.26 Å². The second-order valence-electron chi connectivity index (χ2n) is 4.45. The summed E-state index contributed by atoms with van der Waals surface area (Å²) in [5.41, 5.74) is 3.40. The van der Waals surface area contributed by atoms with Crippen LogP contribution in [0.25, 0.3) is 11.6 Å². The quantitative estimate of drug-likeness (QED) is 0.493. The first-order valence-electron chi connectivity index (χ1n) is 6.56. The summed E-state index contributed by atoms with van der Waals surface area (Å²) in [6, 6.07) is 6.20. The van der Waals surface area contributed by atoms with E-state index in [0.29, 0.717) is 12.2 Å². The molecular weight excluding hydrogens is 284 g/mol. The van der Waals surface area contributed by atoms with Crippen LogP contribution in [0.3, 0.4) is 0 Å². The van der Waals surface area contributed by atoms with Gasteiger partial charge in [-0.2, -0.15) is 5.26 Å². The molecule has 0 saturated carbocycles. The number of aryl methyl sites for hydroxylation is 1. The number of carbonyl (C=O) groups is 1. The lowest BCUT2D eigenvalue weighted by Crippen LogP contribution is -1.99. The van der Waals surface area contributed by atoms with E-state index in [4.69, 9.17) is 4.74 Å². The third kappa shape index (κ3) is 2.96. The average molecular weight is 300 g/mol. The smallest absolute Gasteiger partial charge is 0.330 e. The number of thioether (sulfide) groups is 1. The number of fused-ring (bicyclic) bond motifs is 1. The van der Waals surface area contributed by atoms with Crippen molar-refractivity contribution < 1.29 is 9.53 Å². The van der Waals surface area contributed by atoms with Gasteiger partial charge in [-0.05, 0) is 43.9 Å². The average Bonchev–Trinajstić information content (AvgIpc) is 2.77. The molecule has 0 radical (unpaired) electrons. The zero-order chi connectivity index (χ0) is 15.4. The predicted octanol–water partition coefficient (Wildman–Crippen LogP) is 3.42. The molecule has 0 aliphatic heterocycles. The van der Waals surface area contributed by atoms with Crippen molar-refractivity contribution in [3.8, 4) is 6.07 Å². The number of esters is 1. The third-order valence-corrected chi connectivity index (χ3v) is 3.89. The van der Waals surface area contributed by atoms with Gasteiger partial charge in [0, 0.05) is 12.3 Å². The maximum Gasteiger partial charge on any atom is 0.330 e.